The van der Waals surface area contributed by atoms with Crippen LogP contribution >= 0.6 is 21.6 Å². The van der Waals surface area contributed by atoms with E-state index in [-0.39, 0.29) is 23.9 Å². The van der Waals surface area contributed by atoms with Crippen molar-refractivity contribution >= 4 is 33.4 Å². The largest absolute Gasteiger partial charge is 0.353 e. The van der Waals surface area contributed by atoms with Gasteiger partial charge in [0.25, 0.3) is 0 Å². The van der Waals surface area contributed by atoms with Gasteiger partial charge >= 0.3 is 0 Å². The average molecular weight is 741 g/mol. The molecule has 2 heterocycles. The summed E-state index contributed by atoms with van der Waals surface area (Å²) in [6, 6.07) is 0.175. The van der Waals surface area contributed by atoms with Crippen LogP contribution in [-0.4, -0.2) is 67.7 Å². The van der Waals surface area contributed by atoms with Gasteiger partial charge in [-0.3, -0.25) is 9.59 Å². The topological polar surface area (TPSA) is 104 Å². The molecule has 2 saturated heterocycles. The van der Waals surface area contributed by atoms with E-state index in [1.54, 1.807) is 0 Å². The first-order valence-corrected chi connectivity index (χ1v) is 22.7. The Morgan fingerprint density at radius 1 is 0.460 bits per heavy atom. The number of carbonyl (C=O) groups is 2. The normalized spacial score (nSPS) is 20.9. The van der Waals surface area contributed by atoms with Gasteiger partial charge in [0, 0.05) is 58.6 Å². The van der Waals surface area contributed by atoms with E-state index in [0.29, 0.717) is 38.5 Å². The molecule has 10 heteroatoms. The van der Waals surface area contributed by atoms with Gasteiger partial charge in [0.2, 0.25) is 11.8 Å². The molecule has 2 amide bonds. The molecule has 0 aromatic heterocycles. The SMILES string of the molecule is CC1(C)CC(NC(=O)CCCCCCCCCCSSCCCCCCCCCCC(=O)NC2CC(C)(C)N([O])C(C)(C)C2)CC(C)(C)N1[O]. The van der Waals surface area contributed by atoms with Gasteiger partial charge in [-0.1, -0.05) is 98.6 Å². The van der Waals surface area contributed by atoms with E-state index in [0.717, 1.165) is 25.7 Å². The summed E-state index contributed by atoms with van der Waals surface area (Å²) in [5.41, 5.74) is -1.77. The Kier molecular flexibility index (Phi) is 20.7. The van der Waals surface area contributed by atoms with Crippen molar-refractivity contribution in [2.75, 3.05) is 11.5 Å². The Morgan fingerprint density at radius 3 is 0.980 bits per heavy atom. The van der Waals surface area contributed by atoms with E-state index >= 15 is 0 Å². The summed E-state index contributed by atoms with van der Waals surface area (Å²) in [5, 5.41) is 33.9. The van der Waals surface area contributed by atoms with Crippen LogP contribution in [0.1, 0.15) is 197 Å². The molecule has 292 valence electrons. The molecular weight excluding hydrogens is 665 g/mol. The zero-order valence-electron chi connectivity index (χ0n) is 33.5. The highest BCUT2D eigenvalue weighted by Gasteiger charge is 2.47. The van der Waals surface area contributed by atoms with Gasteiger partial charge in [0.05, 0.1) is 0 Å². The monoisotopic (exact) mass is 741 g/mol. The minimum Gasteiger partial charge on any atom is -0.353 e. The van der Waals surface area contributed by atoms with E-state index in [2.05, 4.69) is 10.6 Å². The highest BCUT2D eigenvalue weighted by molar-refractivity contribution is 8.76. The number of rotatable bonds is 25. The van der Waals surface area contributed by atoms with Crippen molar-refractivity contribution in [2.24, 2.45) is 0 Å². The predicted octanol–water partition coefficient (Wildman–Crippen LogP) is 10.4. The number of piperidine rings is 2. The quantitative estimate of drug-likeness (QED) is 0.0713. The molecule has 0 aromatic carbocycles. The Labute approximate surface area is 315 Å². The number of hydrogen-bond acceptors (Lipinski definition) is 6. The number of hydroxylamine groups is 4. The van der Waals surface area contributed by atoms with Crippen LogP contribution < -0.4 is 10.6 Å². The molecule has 2 N–H and O–H groups in total. The zero-order valence-corrected chi connectivity index (χ0v) is 35.1. The molecular formula is C40H76N4O4S2. The standard InChI is InChI=1S/C40H76N4O4S2/c1-37(2)29-33(30-38(3,4)43(37)47)41-35(45)25-21-17-13-9-11-15-19-23-27-49-50-28-24-20-16-12-10-14-18-22-26-36(46)42-34-31-39(5,6)44(48)40(7,8)32-34/h33-34H,9-32H2,1-8H3,(H,41,45)(H,42,46). The number of nitrogens with one attached hydrogen (secondary N) is 2. The first kappa shape index (κ1) is 45.6. The van der Waals surface area contributed by atoms with Crippen LogP contribution in [0.2, 0.25) is 0 Å². The maximum Gasteiger partial charge on any atom is 0.220 e. The molecule has 2 fully saturated rings. The molecule has 2 aliphatic rings. The molecule has 8 nitrogen and oxygen atoms in total. The maximum atomic E-state index is 12.5. The molecule has 2 aliphatic heterocycles. The number of nitrogens with zero attached hydrogens (tertiary/aromatic N) is 2. The van der Waals surface area contributed by atoms with Crippen molar-refractivity contribution in [3.8, 4) is 0 Å². The third-order valence-corrected chi connectivity index (χ3v) is 13.3. The third kappa shape index (κ3) is 17.5. The molecule has 0 aliphatic carbocycles. The van der Waals surface area contributed by atoms with Crippen LogP contribution in [0.5, 0.6) is 0 Å². The fraction of sp³-hybridized carbons (Fsp3) is 0.950. The van der Waals surface area contributed by atoms with Crippen molar-refractivity contribution in [1.82, 2.24) is 20.8 Å². The number of unbranched alkanes of at least 4 members (excludes halogenated alkanes) is 14. The average Bonchev–Trinajstić information content (AvgIpc) is 3.00. The molecule has 0 aromatic rings. The van der Waals surface area contributed by atoms with E-state index in [4.69, 9.17) is 0 Å². The number of amides is 2. The van der Waals surface area contributed by atoms with Crippen LogP contribution in [0, 0.1) is 0 Å². The highest BCUT2D eigenvalue weighted by Crippen LogP contribution is 2.38. The molecule has 0 bridgehead atoms. The van der Waals surface area contributed by atoms with Crippen LogP contribution in [0.25, 0.3) is 0 Å². The van der Waals surface area contributed by atoms with Gasteiger partial charge in [-0.25, -0.2) is 0 Å². The van der Waals surface area contributed by atoms with Crippen molar-refractivity contribution in [2.45, 2.75) is 231 Å². The maximum absolute atomic E-state index is 12.5. The van der Waals surface area contributed by atoms with E-state index < -0.39 is 22.2 Å². The van der Waals surface area contributed by atoms with Crippen molar-refractivity contribution in [3.05, 3.63) is 0 Å². The molecule has 2 rings (SSSR count). The molecule has 0 saturated carbocycles. The smallest absolute Gasteiger partial charge is 0.220 e. The Balaban J connectivity index is 1.29. The van der Waals surface area contributed by atoms with E-state index in [1.165, 1.54) is 98.7 Å². The van der Waals surface area contributed by atoms with Crippen LogP contribution in [0.15, 0.2) is 0 Å². The van der Waals surface area contributed by atoms with Gasteiger partial charge in [0.1, 0.15) is 0 Å². The fourth-order valence-corrected chi connectivity index (χ4v) is 10.8. The first-order chi connectivity index (χ1) is 23.5. The molecule has 0 atom stereocenters. The summed E-state index contributed by atoms with van der Waals surface area (Å²) in [5.74, 6) is 2.80. The van der Waals surface area contributed by atoms with Gasteiger partial charge in [-0.15, -0.1) is 20.5 Å². The highest BCUT2D eigenvalue weighted by atomic mass is 33.1. The second-order valence-corrected chi connectivity index (χ2v) is 20.7. The van der Waals surface area contributed by atoms with Gasteiger partial charge in [-0.2, -0.15) is 0 Å². The second kappa shape index (κ2) is 22.6. The first-order valence-electron chi connectivity index (χ1n) is 20.2. The molecule has 0 unspecified atom stereocenters. The lowest BCUT2D eigenvalue weighted by atomic mass is 9.79. The van der Waals surface area contributed by atoms with Crippen LogP contribution in [0.3, 0.4) is 0 Å². The lowest BCUT2D eigenvalue weighted by Gasteiger charge is -2.50. The lowest BCUT2D eigenvalue weighted by molar-refractivity contribution is -0.290. The van der Waals surface area contributed by atoms with Gasteiger partial charge in [-0.05, 0) is 107 Å². The van der Waals surface area contributed by atoms with Crippen LogP contribution in [-0.2, 0) is 20.0 Å². The zero-order chi connectivity index (χ0) is 37.3. The van der Waals surface area contributed by atoms with Crippen molar-refractivity contribution in [1.29, 1.82) is 0 Å². The summed E-state index contributed by atoms with van der Waals surface area (Å²) < 4.78 is 0. The summed E-state index contributed by atoms with van der Waals surface area (Å²) in [6.07, 6.45) is 23.7. The van der Waals surface area contributed by atoms with E-state index in [9.17, 15) is 20.0 Å². The summed E-state index contributed by atoms with van der Waals surface area (Å²) in [4.78, 5) is 25.0. The summed E-state index contributed by atoms with van der Waals surface area (Å²) in [6.45, 7) is 15.8. The second-order valence-electron chi connectivity index (χ2n) is 18.0. The van der Waals surface area contributed by atoms with Gasteiger partial charge in [0.15, 0.2) is 0 Å². The lowest BCUT2D eigenvalue weighted by Crippen LogP contribution is -2.62. The Bertz CT molecular complexity index is 865. The molecule has 2 radical (unpaired) electrons. The number of hydrogen-bond donors (Lipinski definition) is 2. The fourth-order valence-electron chi connectivity index (χ4n) is 8.46. The van der Waals surface area contributed by atoms with Crippen molar-refractivity contribution < 1.29 is 20.0 Å². The third-order valence-electron chi connectivity index (χ3n) is 10.8. The summed E-state index contributed by atoms with van der Waals surface area (Å²) in [7, 11) is 4.09. The number of carbonyl (C=O) groups excluding carboxylic acids is 2. The summed E-state index contributed by atoms with van der Waals surface area (Å²) >= 11 is 0. The van der Waals surface area contributed by atoms with Crippen LogP contribution in [0.4, 0.5) is 0 Å². The molecule has 0 spiro atoms. The van der Waals surface area contributed by atoms with Crippen molar-refractivity contribution in [3.63, 3.8) is 0 Å². The molecule has 50 heavy (non-hydrogen) atoms. The Hall–Kier alpha value is -0.520. The predicted molar refractivity (Wildman–Crippen MR) is 212 cm³/mol. The Morgan fingerprint density at radius 2 is 0.700 bits per heavy atom. The van der Waals surface area contributed by atoms with E-state index in [1.807, 2.05) is 77.0 Å². The van der Waals surface area contributed by atoms with Gasteiger partial charge < -0.3 is 10.6 Å². The minimum atomic E-state index is -0.444. The minimum absolute atomic E-state index is 0.0876.